The summed E-state index contributed by atoms with van der Waals surface area (Å²) >= 11 is 1.54. The van der Waals surface area contributed by atoms with E-state index in [0.29, 0.717) is 12.2 Å². The van der Waals surface area contributed by atoms with Gasteiger partial charge in [-0.1, -0.05) is 0 Å². The molecule has 0 aromatic carbocycles. The fraction of sp³-hybridized carbons (Fsp3) is 0.133. The second-order valence-corrected chi connectivity index (χ2v) is 7.36. The lowest BCUT2D eigenvalue weighted by atomic mass is 10.2. The Balaban J connectivity index is 0.00000192. The van der Waals surface area contributed by atoms with Gasteiger partial charge in [0, 0.05) is 36.1 Å². The molecule has 8 heteroatoms. The van der Waals surface area contributed by atoms with E-state index < -0.39 is 10.0 Å². The van der Waals surface area contributed by atoms with E-state index in [1.54, 1.807) is 24.5 Å². The summed E-state index contributed by atoms with van der Waals surface area (Å²) in [7, 11) is -1.83. The first-order valence-electron chi connectivity index (χ1n) is 6.67. The standard InChI is InChI=1S/C15H15N3O2S2.ClH/c1-16-8-12-7-15(13-4-6-21-11-13)18(10-12)22(19,20)14-3-2-5-17-9-14;/h2-7,9-11,16H,8H2,1H3;1H. The molecule has 0 amide bonds. The molecule has 0 aliphatic carbocycles. The highest BCUT2D eigenvalue weighted by molar-refractivity contribution is 7.90. The van der Waals surface area contributed by atoms with Gasteiger partial charge in [0.1, 0.15) is 4.90 Å². The van der Waals surface area contributed by atoms with Crippen LogP contribution in [0.1, 0.15) is 5.56 Å². The molecule has 3 aromatic rings. The first kappa shape index (κ1) is 17.7. The second-order valence-electron chi connectivity index (χ2n) is 4.77. The third-order valence-electron chi connectivity index (χ3n) is 3.23. The van der Waals surface area contributed by atoms with Gasteiger partial charge in [0.05, 0.1) is 5.69 Å². The van der Waals surface area contributed by atoms with Crippen LogP contribution in [0.15, 0.2) is 58.5 Å². The van der Waals surface area contributed by atoms with Crippen molar-refractivity contribution >= 4 is 33.8 Å². The normalized spacial score (nSPS) is 11.2. The molecule has 0 spiro atoms. The number of rotatable bonds is 5. The molecule has 0 aliphatic rings. The molecule has 0 aliphatic heterocycles. The Morgan fingerprint density at radius 3 is 2.78 bits per heavy atom. The number of nitrogens with zero attached hydrogens (tertiary/aromatic N) is 2. The predicted octanol–water partition coefficient (Wildman–Crippen LogP) is 2.99. The average Bonchev–Trinajstić information content (AvgIpc) is 3.17. The van der Waals surface area contributed by atoms with Gasteiger partial charge >= 0.3 is 0 Å². The highest BCUT2D eigenvalue weighted by atomic mass is 35.5. The topological polar surface area (TPSA) is 64.0 Å². The molecule has 3 heterocycles. The van der Waals surface area contributed by atoms with Gasteiger partial charge in [0.2, 0.25) is 0 Å². The van der Waals surface area contributed by atoms with Gasteiger partial charge in [-0.25, -0.2) is 12.4 Å². The SMILES string of the molecule is CNCc1cc(-c2ccsc2)n(S(=O)(=O)c2cccnc2)c1.Cl. The van der Waals surface area contributed by atoms with Crippen molar-refractivity contribution in [2.75, 3.05) is 7.05 Å². The lowest BCUT2D eigenvalue weighted by Crippen LogP contribution is -2.13. The maximum Gasteiger partial charge on any atom is 0.269 e. The zero-order chi connectivity index (χ0) is 15.6. The van der Waals surface area contributed by atoms with Crippen LogP contribution in [0.2, 0.25) is 0 Å². The maximum atomic E-state index is 12.9. The number of aromatic nitrogens is 2. The van der Waals surface area contributed by atoms with Crippen molar-refractivity contribution in [2.24, 2.45) is 0 Å². The second kappa shape index (κ2) is 7.27. The molecule has 0 fully saturated rings. The van der Waals surface area contributed by atoms with Gasteiger partial charge in [-0.3, -0.25) is 4.98 Å². The average molecular weight is 370 g/mol. The van der Waals surface area contributed by atoms with Crippen molar-refractivity contribution in [1.29, 1.82) is 0 Å². The summed E-state index contributed by atoms with van der Waals surface area (Å²) < 4.78 is 27.1. The summed E-state index contributed by atoms with van der Waals surface area (Å²) in [5.74, 6) is 0. The van der Waals surface area contributed by atoms with Crippen LogP contribution in [0.3, 0.4) is 0 Å². The number of nitrogens with one attached hydrogen (secondary N) is 1. The molecule has 3 rings (SSSR count). The minimum atomic E-state index is -3.66. The lowest BCUT2D eigenvalue weighted by molar-refractivity contribution is 0.587. The molecule has 0 radical (unpaired) electrons. The van der Waals surface area contributed by atoms with Crippen molar-refractivity contribution in [3.05, 3.63) is 59.2 Å². The summed E-state index contributed by atoms with van der Waals surface area (Å²) in [5, 5.41) is 6.91. The van der Waals surface area contributed by atoms with Crippen LogP contribution in [0.5, 0.6) is 0 Å². The van der Waals surface area contributed by atoms with E-state index in [9.17, 15) is 8.42 Å². The van der Waals surface area contributed by atoms with Crippen LogP contribution in [-0.2, 0) is 16.6 Å². The Labute approximate surface area is 145 Å². The molecule has 122 valence electrons. The largest absolute Gasteiger partial charge is 0.316 e. The van der Waals surface area contributed by atoms with E-state index in [1.807, 2.05) is 29.9 Å². The molecule has 0 atom stereocenters. The molecule has 0 saturated carbocycles. The third kappa shape index (κ3) is 3.48. The molecule has 5 nitrogen and oxygen atoms in total. The van der Waals surface area contributed by atoms with E-state index in [1.165, 1.54) is 21.5 Å². The smallest absolute Gasteiger partial charge is 0.269 e. The fourth-order valence-electron chi connectivity index (χ4n) is 2.23. The summed E-state index contributed by atoms with van der Waals surface area (Å²) in [4.78, 5) is 4.09. The van der Waals surface area contributed by atoms with Crippen LogP contribution in [-0.4, -0.2) is 24.4 Å². The molecule has 0 bridgehead atoms. The predicted molar refractivity (Wildman–Crippen MR) is 94.6 cm³/mol. The van der Waals surface area contributed by atoms with Crippen molar-refractivity contribution in [1.82, 2.24) is 14.3 Å². The molecule has 0 saturated heterocycles. The number of halogens is 1. The minimum Gasteiger partial charge on any atom is -0.316 e. The Morgan fingerprint density at radius 2 is 2.17 bits per heavy atom. The number of pyridine rings is 1. The summed E-state index contributed by atoms with van der Waals surface area (Å²) in [6, 6.07) is 6.98. The molecule has 23 heavy (non-hydrogen) atoms. The molecule has 1 N–H and O–H groups in total. The highest BCUT2D eigenvalue weighted by Gasteiger charge is 2.22. The summed E-state index contributed by atoms with van der Waals surface area (Å²) in [5.41, 5.74) is 2.46. The Hall–Kier alpha value is -1.67. The molecule has 0 unspecified atom stereocenters. The van der Waals surface area contributed by atoms with Crippen LogP contribution in [0, 0.1) is 0 Å². The number of hydrogen-bond donors (Lipinski definition) is 1. The van der Waals surface area contributed by atoms with E-state index >= 15 is 0 Å². The van der Waals surface area contributed by atoms with E-state index in [-0.39, 0.29) is 17.3 Å². The zero-order valence-corrected chi connectivity index (χ0v) is 14.8. The monoisotopic (exact) mass is 369 g/mol. The third-order valence-corrected chi connectivity index (χ3v) is 5.57. The summed E-state index contributed by atoms with van der Waals surface area (Å²) in [6.07, 6.45) is 4.58. The van der Waals surface area contributed by atoms with Gasteiger partial charge in [-0.05, 0) is 42.3 Å². The highest BCUT2D eigenvalue weighted by Crippen LogP contribution is 2.28. The van der Waals surface area contributed by atoms with E-state index in [2.05, 4.69) is 10.3 Å². The van der Waals surface area contributed by atoms with Gasteiger partial charge in [-0.15, -0.1) is 12.4 Å². The Kier molecular flexibility index (Phi) is 5.59. The Bertz CT molecular complexity index is 860. The van der Waals surface area contributed by atoms with Gasteiger partial charge in [-0.2, -0.15) is 11.3 Å². The van der Waals surface area contributed by atoms with Crippen molar-refractivity contribution in [3.63, 3.8) is 0 Å². The van der Waals surface area contributed by atoms with Crippen LogP contribution < -0.4 is 5.32 Å². The van der Waals surface area contributed by atoms with Crippen molar-refractivity contribution in [2.45, 2.75) is 11.4 Å². The summed E-state index contributed by atoms with van der Waals surface area (Å²) in [6.45, 7) is 0.604. The first-order chi connectivity index (χ1) is 10.6. The lowest BCUT2D eigenvalue weighted by Gasteiger charge is -2.09. The quantitative estimate of drug-likeness (QED) is 0.750. The van der Waals surface area contributed by atoms with E-state index in [4.69, 9.17) is 0 Å². The van der Waals surface area contributed by atoms with Gasteiger partial charge in [0.15, 0.2) is 0 Å². The number of hydrogen-bond acceptors (Lipinski definition) is 5. The van der Waals surface area contributed by atoms with Crippen LogP contribution in [0.4, 0.5) is 0 Å². The maximum absolute atomic E-state index is 12.9. The fourth-order valence-corrected chi connectivity index (χ4v) is 4.24. The minimum absolute atomic E-state index is 0. The molecular formula is C15H16ClN3O2S2. The number of thiophene rings is 1. The molecular weight excluding hydrogens is 354 g/mol. The van der Waals surface area contributed by atoms with Gasteiger partial charge in [0.25, 0.3) is 10.0 Å². The van der Waals surface area contributed by atoms with E-state index in [0.717, 1.165) is 11.1 Å². The first-order valence-corrected chi connectivity index (χ1v) is 9.05. The Morgan fingerprint density at radius 1 is 1.35 bits per heavy atom. The van der Waals surface area contributed by atoms with Crippen LogP contribution in [0.25, 0.3) is 11.3 Å². The van der Waals surface area contributed by atoms with Crippen LogP contribution >= 0.6 is 23.7 Å². The van der Waals surface area contributed by atoms with Crippen molar-refractivity contribution < 1.29 is 8.42 Å². The zero-order valence-electron chi connectivity index (χ0n) is 12.3. The van der Waals surface area contributed by atoms with Crippen molar-refractivity contribution in [3.8, 4) is 11.3 Å². The molecule has 3 aromatic heterocycles. The van der Waals surface area contributed by atoms with Gasteiger partial charge < -0.3 is 5.32 Å².